The van der Waals surface area contributed by atoms with E-state index in [0.29, 0.717) is 16.6 Å². The molecule has 0 radical (unpaired) electrons. The van der Waals surface area contributed by atoms with Gasteiger partial charge < -0.3 is 15.9 Å². The minimum atomic E-state index is -0.377. The van der Waals surface area contributed by atoms with Gasteiger partial charge in [-0.3, -0.25) is 4.79 Å². The molecule has 0 aliphatic heterocycles. The zero-order valence-electron chi connectivity index (χ0n) is 17.5. The van der Waals surface area contributed by atoms with Crippen molar-refractivity contribution in [3.63, 3.8) is 0 Å². The van der Waals surface area contributed by atoms with Crippen molar-refractivity contribution in [2.45, 2.75) is 69.2 Å². The number of aromatic nitrogens is 3. The van der Waals surface area contributed by atoms with E-state index in [9.17, 15) is 4.79 Å². The van der Waals surface area contributed by atoms with Crippen LogP contribution in [0.2, 0.25) is 0 Å². The number of carbonyl (C=O) groups excluding carboxylic acids is 1. The van der Waals surface area contributed by atoms with Crippen molar-refractivity contribution in [3.8, 4) is 5.75 Å². The number of anilines is 1. The molecule has 2 aromatic rings. The lowest BCUT2D eigenvalue weighted by atomic mass is 9.86. The summed E-state index contributed by atoms with van der Waals surface area (Å²) in [7, 11) is 1.59. The monoisotopic (exact) mass is 417 g/mol. The third-order valence-electron chi connectivity index (χ3n) is 5.50. The molecule has 0 bridgehead atoms. The summed E-state index contributed by atoms with van der Waals surface area (Å²) in [5.41, 5.74) is 1.71. The Hall–Kier alpha value is -2.22. The number of ether oxygens (including phenoxy) is 1. The van der Waals surface area contributed by atoms with Crippen molar-refractivity contribution in [1.82, 2.24) is 14.9 Å². The lowest BCUT2D eigenvalue weighted by Gasteiger charge is -2.20. The average Bonchev–Trinajstić information content (AvgIpc) is 3.06. The van der Waals surface area contributed by atoms with Gasteiger partial charge in [0.25, 0.3) is 0 Å². The highest BCUT2D eigenvalue weighted by atomic mass is 32.2. The Morgan fingerprint density at radius 2 is 2.10 bits per heavy atom. The summed E-state index contributed by atoms with van der Waals surface area (Å²) in [6, 6.07) is 5.68. The zero-order chi connectivity index (χ0) is 20.8. The Morgan fingerprint density at radius 1 is 1.34 bits per heavy atom. The molecule has 29 heavy (non-hydrogen) atoms. The third-order valence-corrected chi connectivity index (χ3v) is 6.56. The normalized spacial score (nSPS) is 15.8. The molecular formula is C21H31N5O2S. The number of hydrogen-bond acceptors (Lipinski definition) is 6. The fraction of sp³-hybridized carbons (Fsp3) is 0.571. The van der Waals surface area contributed by atoms with Gasteiger partial charge in [0.2, 0.25) is 11.1 Å². The second kappa shape index (κ2) is 10.0. The van der Waals surface area contributed by atoms with Gasteiger partial charge in [0.05, 0.1) is 18.0 Å². The van der Waals surface area contributed by atoms with E-state index in [1.807, 2.05) is 32.0 Å². The van der Waals surface area contributed by atoms with Crippen LogP contribution in [0.1, 0.15) is 56.8 Å². The first-order chi connectivity index (χ1) is 14.0. The number of carbonyl (C=O) groups is 1. The van der Waals surface area contributed by atoms with E-state index in [2.05, 4.69) is 15.5 Å². The Labute approximate surface area is 176 Å². The number of benzene rings is 1. The first kappa shape index (κ1) is 21.5. The fourth-order valence-electron chi connectivity index (χ4n) is 3.73. The van der Waals surface area contributed by atoms with E-state index in [-0.39, 0.29) is 11.2 Å². The SMILES string of the molecule is COc1ccc(C)cc1NC(=O)[C@H](C)Sc1nnc(CCC2CCCCC2)n1N. The Bertz CT molecular complexity index is 832. The van der Waals surface area contributed by atoms with Crippen molar-refractivity contribution in [2.24, 2.45) is 5.92 Å². The van der Waals surface area contributed by atoms with Crippen LogP contribution in [-0.4, -0.2) is 33.1 Å². The molecule has 1 aliphatic carbocycles. The van der Waals surface area contributed by atoms with Crippen LogP contribution < -0.4 is 15.9 Å². The molecule has 1 aliphatic rings. The van der Waals surface area contributed by atoms with E-state index < -0.39 is 0 Å². The molecule has 0 unspecified atom stereocenters. The highest BCUT2D eigenvalue weighted by molar-refractivity contribution is 8.00. The molecule has 1 saturated carbocycles. The molecule has 0 spiro atoms. The quantitative estimate of drug-likeness (QED) is 0.499. The van der Waals surface area contributed by atoms with Crippen LogP contribution >= 0.6 is 11.8 Å². The van der Waals surface area contributed by atoms with E-state index in [4.69, 9.17) is 10.6 Å². The predicted molar refractivity (Wildman–Crippen MR) is 117 cm³/mol. The molecule has 3 N–H and O–H groups in total. The van der Waals surface area contributed by atoms with E-state index in [0.717, 1.165) is 30.1 Å². The van der Waals surface area contributed by atoms with Crippen molar-refractivity contribution >= 4 is 23.4 Å². The summed E-state index contributed by atoms with van der Waals surface area (Å²) in [4.78, 5) is 12.7. The maximum Gasteiger partial charge on any atom is 0.237 e. The van der Waals surface area contributed by atoms with Gasteiger partial charge in [0.15, 0.2) is 5.82 Å². The molecule has 7 nitrogen and oxygen atoms in total. The molecule has 1 aromatic heterocycles. The molecule has 1 amide bonds. The Kier molecular flexibility index (Phi) is 7.41. The summed E-state index contributed by atoms with van der Waals surface area (Å²) in [6.45, 7) is 3.80. The van der Waals surface area contributed by atoms with Gasteiger partial charge in [-0.05, 0) is 43.9 Å². The first-order valence-corrected chi connectivity index (χ1v) is 11.2. The number of amides is 1. The van der Waals surface area contributed by atoms with Gasteiger partial charge in [-0.25, -0.2) is 4.68 Å². The largest absolute Gasteiger partial charge is 0.495 e. The number of rotatable bonds is 8. The van der Waals surface area contributed by atoms with E-state index in [1.54, 1.807) is 7.11 Å². The molecule has 0 saturated heterocycles. The van der Waals surface area contributed by atoms with Gasteiger partial charge >= 0.3 is 0 Å². The first-order valence-electron chi connectivity index (χ1n) is 10.3. The van der Waals surface area contributed by atoms with Crippen LogP contribution in [0.25, 0.3) is 0 Å². The molecule has 1 heterocycles. The highest BCUT2D eigenvalue weighted by Crippen LogP contribution is 2.29. The number of methoxy groups -OCH3 is 1. The number of nitrogens with two attached hydrogens (primary N) is 1. The summed E-state index contributed by atoms with van der Waals surface area (Å²) >= 11 is 1.31. The molecule has 8 heteroatoms. The van der Waals surface area contributed by atoms with Gasteiger partial charge in [-0.2, -0.15) is 0 Å². The van der Waals surface area contributed by atoms with Crippen LogP contribution in [0.4, 0.5) is 5.69 Å². The van der Waals surface area contributed by atoms with Crippen molar-refractivity contribution in [3.05, 3.63) is 29.6 Å². The van der Waals surface area contributed by atoms with E-state index >= 15 is 0 Å². The number of nitrogen functional groups attached to an aromatic ring is 1. The van der Waals surface area contributed by atoms with Gasteiger partial charge in [-0.15, -0.1) is 10.2 Å². The second-order valence-electron chi connectivity index (χ2n) is 7.76. The zero-order valence-corrected chi connectivity index (χ0v) is 18.3. The number of hydrogen-bond donors (Lipinski definition) is 2. The molecular weight excluding hydrogens is 386 g/mol. The molecule has 158 valence electrons. The molecule has 1 atom stereocenters. The topological polar surface area (TPSA) is 95.1 Å². The van der Waals surface area contributed by atoms with Crippen LogP contribution in [0.3, 0.4) is 0 Å². The van der Waals surface area contributed by atoms with Gasteiger partial charge in [0, 0.05) is 6.42 Å². The van der Waals surface area contributed by atoms with Crippen LogP contribution in [-0.2, 0) is 11.2 Å². The third kappa shape index (κ3) is 5.65. The average molecular weight is 418 g/mol. The highest BCUT2D eigenvalue weighted by Gasteiger charge is 2.21. The number of nitrogens with zero attached hydrogens (tertiary/aromatic N) is 3. The lowest BCUT2D eigenvalue weighted by molar-refractivity contribution is -0.115. The summed E-state index contributed by atoms with van der Waals surface area (Å²) in [6.07, 6.45) is 8.57. The van der Waals surface area contributed by atoms with Crippen molar-refractivity contribution < 1.29 is 9.53 Å². The molecule has 1 aromatic carbocycles. The minimum Gasteiger partial charge on any atom is -0.495 e. The summed E-state index contributed by atoms with van der Waals surface area (Å²) in [5, 5.41) is 11.6. The lowest BCUT2D eigenvalue weighted by Crippen LogP contribution is -2.24. The Morgan fingerprint density at radius 3 is 2.83 bits per heavy atom. The summed E-state index contributed by atoms with van der Waals surface area (Å²) < 4.78 is 6.86. The number of nitrogens with one attached hydrogen (secondary N) is 1. The maximum atomic E-state index is 12.7. The van der Waals surface area contributed by atoms with Gasteiger partial charge in [-0.1, -0.05) is 49.9 Å². The minimum absolute atomic E-state index is 0.134. The molecule has 3 rings (SSSR count). The predicted octanol–water partition coefficient (Wildman–Crippen LogP) is 3.94. The van der Waals surface area contributed by atoms with Crippen LogP contribution in [0.5, 0.6) is 5.75 Å². The fourth-order valence-corrected chi connectivity index (χ4v) is 4.52. The number of thioether (sulfide) groups is 1. The smallest absolute Gasteiger partial charge is 0.237 e. The van der Waals surface area contributed by atoms with E-state index in [1.165, 1.54) is 48.5 Å². The Balaban J connectivity index is 1.57. The van der Waals surface area contributed by atoms with Crippen molar-refractivity contribution in [2.75, 3.05) is 18.3 Å². The molecule has 1 fully saturated rings. The van der Waals surface area contributed by atoms with Crippen LogP contribution in [0.15, 0.2) is 23.4 Å². The standard InChI is InChI=1S/C21H31N5O2S/c1-14-9-11-18(28-3)17(13-14)23-20(27)15(2)29-21-25-24-19(26(21)22)12-10-16-7-5-4-6-8-16/h9,11,13,15-16H,4-8,10,12,22H2,1-3H3,(H,23,27)/t15-/m0/s1. The van der Waals surface area contributed by atoms with Crippen molar-refractivity contribution in [1.29, 1.82) is 0 Å². The maximum absolute atomic E-state index is 12.7. The summed E-state index contributed by atoms with van der Waals surface area (Å²) in [5.74, 6) is 8.26. The van der Waals surface area contributed by atoms with Gasteiger partial charge in [0.1, 0.15) is 5.75 Å². The number of aryl methyl sites for hydroxylation is 2. The van der Waals surface area contributed by atoms with Crippen LogP contribution in [0, 0.1) is 12.8 Å². The second-order valence-corrected chi connectivity index (χ2v) is 9.07.